The van der Waals surface area contributed by atoms with Gasteiger partial charge in [0.05, 0.1) is 5.52 Å². The smallest absolute Gasteiger partial charge is 0.407 e. The van der Waals surface area contributed by atoms with Crippen molar-refractivity contribution in [3.63, 3.8) is 0 Å². The van der Waals surface area contributed by atoms with Crippen molar-refractivity contribution < 1.29 is 33.7 Å². The summed E-state index contributed by atoms with van der Waals surface area (Å²) in [5, 5.41) is 17.5. The summed E-state index contributed by atoms with van der Waals surface area (Å²) in [6.07, 6.45) is -1.98. The van der Waals surface area contributed by atoms with Crippen molar-refractivity contribution >= 4 is 40.2 Å². The largest absolute Gasteiger partial charge is 0.486 e. The van der Waals surface area contributed by atoms with Crippen LogP contribution in [0.3, 0.4) is 0 Å². The lowest BCUT2D eigenvalue weighted by Gasteiger charge is -2.18. The Bertz CT molecular complexity index is 1620. The molecule has 1 unspecified atom stereocenters. The van der Waals surface area contributed by atoms with Crippen molar-refractivity contribution in [1.82, 2.24) is 10.3 Å². The first-order valence-electron chi connectivity index (χ1n) is 12.4. The molecule has 3 amide bonds. The molecule has 11 nitrogen and oxygen atoms in total. The first kappa shape index (κ1) is 26.3. The number of benzene rings is 3. The molecule has 0 saturated carbocycles. The zero-order valence-corrected chi connectivity index (χ0v) is 21.7. The van der Waals surface area contributed by atoms with Gasteiger partial charge in [0.2, 0.25) is 5.88 Å². The summed E-state index contributed by atoms with van der Waals surface area (Å²) in [4.78, 5) is 41.1. The Morgan fingerprint density at radius 3 is 2.40 bits per heavy atom. The number of carbonyl (C=O) groups excluding carboxylic acids is 2. The number of aryl methyl sites for hydroxylation is 1. The number of pyridine rings is 1. The van der Waals surface area contributed by atoms with E-state index < -0.39 is 12.3 Å². The summed E-state index contributed by atoms with van der Waals surface area (Å²) in [5.74, 6) is 0.715. The van der Waals surface area contributed by atoms with Gasteiger partial charge in [-0.25, -0.2) is 9.78 Å². The van der Waals surface area contributed by atoms with E-state index in [0.29, 0.717) is 58.1 Å². The Labute approximate surface area is 229 Å². The number of carbonyl (C=O) groups is 3. The van der Waals surface area contributed by atoms with Crippen LogP contribution >= 0.6 is 0 Å². The summed E-state index contributed by atoms with van der Waals surface area (Å²) in [6.45, 7) is 4.30. The highest BCUT2D eigenvalue weighted by atomic mass is 16.6. The van der Waals surface area contributed by atoms with Gasteiger partial charge in [-0.3, -0.25) is 14.9 Å². The van der Waals surface area contributed by atoms with Gasteiger partial charge in [0.15, 0.2) is 17.7 Å². The third-order valence-corrected chi connectivity index (χ3v) is 6.10. The minimum Gasteiger partial charge on any atom is -0.486 e. The maximum Gasteiger partial charge on any atom is 0.407 e. The van der Waals surface area contributed by atoms with Crippen LogP contribution in [0.5, 0.6) is 17.4 Å². The number of carboxylic acid groups (broad SMARTS) is 1. The normalized spacial score (nSPS) is 12.8. The quantitative estimate of drug-likeness (QED) is 0.243. The highest BCUT2D eigenvalue weighted by Crippen LogP contribution is 2.31. The average Bonchev–Trinajstić information content (AvgIpc) is 2.93. The van der Waals surface area contributed by atoms with Crippen LogP contribution in [0.15, 0.2) is 66.7 Å². The lowest BCUT2D eigenvalue weighted by Crippen LogP contribution is -2.35. The number of hydrogen-bond acceptors (Lipinski definition) is 7. The number of nitrogens with zero attached hydrogens (tertiary/aromatic N) is 1. The molecule has 4 N–H and O–H groups in total. The number of fused-ring (bicyclic) bond motifs is 2. The third kappa shape index (κ3) is 6.04. The second-order valence-electron chi connectivity index (χ2n) is 9.06. The molecular weight excluding hydrogens is 516 g/mol. The van der Waals surface area contributed by atoms with Crippen LogP contribution in [0.4, 0.5) is 16.2 Å². The van der Waals surface area contributed by atoms with Gasteiger partial charge < -0.3 is 30.0 Å². The summed E-state index contributed by atoms with van der Waals surface area (Å²) in [7, 11) is 0. The maximum absolute atomic E-state index is 13.1. The number of nitrogens with one attached hydrogen (secondary N) is 3. The summed E-state index contributed by atoms with van der Waals surface area (Å²) in [5.41, 5.74) is 3.29. The van der Waals surface area contributed by atoms with Crippen LogP contribution in [-0.2, 0) is 0 Å². The van der Waals surface area contributed by atoms with Gasteiger partial charge in [0, 0.05) is 34.0 Å². The molecule has 40 heavy (non-hydrogen) atoms. The topological polar surface area (TPSA) is 148 Å². The number of anilines is 2. The molecule has 1 aromatic heterocycles. The van der Waals surface area contributed by atoms with Crippen LogP contribution in [-0.4, -0.2) is 47.4 Å². The Hall–Kier alpha value is -5.32. The molecule has 0 aliphatic carbocycles. The molecule has 0 spiro atoms. The standard InChI is InChI=1S/C29H26N4O7/c1-16-3-7-21(31-27(34)20-5-9-24-25(14-20)39-12-11-38-24)15-23(16)33-28(35)19-4-8-22-18(13-19)6-10-26(32-22)40-17(2)30-29(36)37/h3-10,13-15,17,30H,11-12H2,1-2H3,(H,31,34)(H,33,35)(H,36,37). The van der Waals surface area contributed by atoms with Gasteiger partial charge in [0.1, 0.15) is 13.2 Å². The molecule has 204 valence electrons. The van der Waals surface area contributed by atoms with E-state index >= 15 is 0 Å². The van der Waals surface area contributed by atoms with Gasteiger partial charge >= 0.3 is 6.09 Å². The minimum absolute atomic E-state index is 0.247. The fourth-order valence-electron chi connectivity index (χ4n) is 4.11. The van der Waals surface area contributed by atoms with Crippen LogP contribution in [0.25, 0.3) is 10.9 Å². The molecule has 0 radical (unpaired) electrons. The first-order chi connectivity index (χ1) is 19.2. The highest BCUT2D eigenvalue weighted by molar-refractivity contribution is 6.08. The minimum atomic E-state index is -1.20. The zero-order valence-electron chi connectivity index (χ0n) is 21.7. The van der Waals surface area contributed by atoms with Gasteiger partial charge in [-0.2, -0.15) is 0 Å². The van der Waals surface area contributed by atoms with Crippen LogP contribution in [0.1, 0.15) is 33.2 Å². The van der Waals surface area contributed by atoms with Crippen LogP contribution < -0.4 is 30.2 Å². The summed E-state index contributed by atoms with van der Waals surface area (Å²) < 4.78 is 16.5. The average molecular weight is 543 g/mol. The van der Waals surface area contributed by atoms with Crippen molar-refractivity contribution in [3.8, 4) is 17.4 Å². The maximum atomic E-state index is 13.1. The number of rotatable bonds is 7. The fourth-order valence-corrected chi connectivity index (χ4v) is 4.11. The molecule has 4 aromatic rings. The van der Waals surface area contributed by atoms with Gasteiger partial charge in [-0.1, -0.05) is 6.07 Å². The van der Waals surface area contributed by atoms with E-state index in [1.54, 1.807) is 73.7 Å². The van der Waals surface area contributed by atoms with Crippen molar-refractivity contribution in [1.29, 1.82) is 0 Å². The summed E-state index contributed by atoms with van der Waals surface area (Å²) >= 11 is 0. The number of hydrogen-bond donors (Lipinski definition) is 4. The molecular formula is C29H26N4O7. The fraction of sp³-hybridized carbons (Fsp3) is 0.172. The first-order valence-corrected chi connectivity index (χ1v) is 12.4. The van der Waals surface area contributed by atoms with Crippen molar-refractivity contribution in [2.24, 2.45) is 0 Å². The molecule has 0 bridgehead atoms. The monoisotopic (exact) mass is 542 g/mol. The molecule has 5 rings (SSSR count). The summed E-state index contributed by atoms with van der Waals surface area (Å²) in [6, 6.07) is 18.6. The Balaban J connectivity index is 1.27. The van der Waals surface area contributed by atoms with Gasteiger partial charge in [0.25, 0.3) is 11.8 Å². The highest BCUT2D eigenvalue weighted by Gasteiger charge is 2.16. The lowest BCUT2D eigenvalue weighted by atomic mass is 10.1. The van der Waals surface area contributed by atoms with E-state index in [1.165, 1.54) is 0 Å². The molecule has 1 aliphatic rings. The van der Waals surface area contributed by atoms with E-state index in [0.717, 1.165) is 5.56 Å². The molecule has 3 aromatic carbocycles. The van der Waals surface area contributed by atoms with Crippen molar-refractivity contribution in [3.05, 3.63) is 83.4 Å². The van der Waals surface area contributed by atoms with E-state index in [1.807, 2.05) is 6.92 Å². The number of amides is 3. The van der Waals surface area contributed by atoms with E-state index in [9.17, 15) is 14.4 Å². The number of aromatic nitrogens is 1. The van der Waals surface area contributed by atoms with E-state index in [4.69, 9.17) is 19.3 Å². The predicted molar refractivity (Wildman–Crippen MR) is 148 cm³/mol. The van der Waals surface area contributed by atoms with Crippen molar-refractivity contribution in [2.45, 2.75) is 20.1 Å². The van der Waals surface area contributed by atoms with E-state index in [-0.39, 0.29) is 17.7 Å². The second-order valence-corrected chi connectivity index (χ2v) is 9.06. The predicted octanol–water partition coefficient (Wildman–Crippen LogP) is 4.81. The molecule has 1 atom stereocenters. The molecule has 2 heterocycles. The molecule has 0 saturated heterocycles. The van der Waals surface area contributed by atoms with E-state index in [2.05, 4.69) is 20.9 Å². The molecule has 1 aliphatic heterocycles. The lowest BCUT2D eigenvalue weighted by molar-refractivity contribution is 0.101. The number of ether oxygens (including phenoxy) is 3. The molecule has 0 fully saturated rings. The second kappa shape index (κ2) is 11.2. The Morgan fingerprint density at radius 2 is 1.60 bits per heavy atom. The van der Waals surface area contributed by atoms with Gasteiger partial charge in [-0.15, -0.1) is 0 Å². The third-order valence-electron chi connectivity index (χ3n) is 6.10. The zero-order chi connectivity index (χ0) is 28.2. The Morgan fingerprint density at radius 1 is 0.875 bits per heavy atom. The van der Waals surface area contributed by atoms with Crippen LogP contribution in [0, 0.1) is 6.92 Å². The van der Waals surface area contributed by atoms with Gasteiger partial charge in [-0.05, 0) is 74.0 Å². The SMILES string of the molecule is Cc1ccc(NC(=O)c2ccc3c(c2)OCCO3)cc1NC(=O)c1ccc2nc(OC(C)NC(=O)O)ccc2c1. The molecule has 11 heteroatoms. The van der Waals surface area contributed by atoms with Crippen LogP contribution in [0.2, 0.25) is 0 Å². The van der Waals surface area contributed by atoms with Crippen molar-refractivity contribution in [2.75, 3.05) is 23.8 Å². The Kier molecular flexibility index (Phi) is 7.36.